The lowest BCUT2D eigenvalue weighted by atomic mass is 9.97. The van der Waals surface area contributed by atoms with Crippen molar-refractivity contribution in [3.63, 3.8) is 0 Å². The minimum absolute atomic E-state index is 0.0707. The van der Waals surface area contributed by atoms with Gasteiger partial charge in [0.2, 0.25) is 10.0 Å². The number of hydrogen-bond acceptors (Lipinski definition) is 8. The van der Waals surface area contributed by atoms with E-state index in [9.17, 15) is 18.6 Å². The summed E-state index contributed by atoms with van der Waals surface area (Å²) in [5.74, 6) is 1.80. The predicted molar refractivity (Wildman–Crippen MR) is 143 cm³/mol. The predicted octanol–water partition coefficient (Wildman–Crippen LogP) is 3.27. The molecule has 0 aliphatic rings. The number of methoxy groups -OCH3 is 3. The largest absolute Gasteiger partial charge is 0.506 e. The standard InChI is InChI=1S/C27H34N2O7S/c1-34-22-7-5-6-18(13-22)14-23(20-9-11-26(35-2)27(16-20)36-3)28-17-21(30)12-19-8-10-25(31)24(15-19)29-37(4,32)33/h5-11,13,15-16,21,23,28-31H,12,14,17H2,1-4H3/t21-,23+/m0/s1. The highest BCUT2D eigenvalue weighted by Crippen LogP contribution is 2.32. The minimum atomic E-state index is -3.56. The summed E-state index contributed by atoms with van der Waals surface area (Å²) in [6.45, 7) is 0.263. The zero-order chi connectivity index (χ0) is 27.0. The molecule has 3 aromatic rings. The van der Waals surface area contributed by atoms with E-state index in [1.807, 2.05) is 42.5 Å². The van der Waals surface area contributed by atoms with E-state index >= 15 is 0 Å². The fourth-order valence-corrected chi connectivity index (χ4v) is 4.59. The number of hydrogen-bond donors (Lipinski definition) is 4. The summed E-state index contributed by atoms with van der Waals surface area (Å²) in [5, 5.41) is 24.2. The monoisotopic (exact) mass is 530 g/mol. The Morgan fingerprint density at radius 1 is 0.865 bits per heavy atom. The number of nitrogens with one attached hydrogen (secondary N) is 2. The Morgan fingerprint density at radius 3 is 2.27 bits per heavy atom. The smallest absolute Gasteiger partial charge is 0.229 e. The highest BCUT2D eigenvalue weighted by molar-refractivity contribution is 7.92. The fourth-order valence-electron chi connectivity index (χ4n) is 4.03. The van der Waals surface area contributed by atoms with E-state index in [1.165, 1.54) is 12.1 Å². The molecule has 0 heterocycles. The topological polar surface area (TPSA) is 126 Å². The molecule has 10 heteroatoms. The number of aliphatic hydroxyl groups excluding tert-OH is 1. The first-order valence-corrected chi connectivity index (χ1v) is 13.6. The maximum Gasteiger partial charge on any atom is 0.229 e. The van der Waals surface area contributed by atoms with E-state index < -0.39 is 16.1 Å². The number of phenolic OH excluding ortho intramolecular Hbond substituents is 1. The van der Waals surface area contributed by atoms with Crippen molar-refractivity contribution in [1.82, 2.24) is 5.32 Å². The molecule has 0 bridgehead atoms. The number of sulfonamides is 1. The van der Waals surface area contributed by atoms with Crippen LogP contribution in [0.5, 0.6) is 23.0 Å². The summed E-state index contributed by atoms with van der Waals surface area (Å²) < 4.78 is 41.6. The molecular formula is C27H34N2O7S. The molecule has 0 radical (unpaired) electrons. The van der Waals surface area contributed by atoms with Gasteiger partial charge in [-0.1, -0.05) is 24.3 Å². The summed E-state index contributed by atoms with van der Waals surface area (Å²) in [6.07, 6.45) is 1.11. The normalized spacial score (nSPS) is 13.0. The summed E-state index contributed by atoms with van der Waals surface area (Å²) in [6, 6.07) is 17.9. The van der Waals surface area contributed by atoms with Crippen molar-refractivity contribution in [3.05, 3.63) is 77.4 Å². The number of aromatic hydroxyl groups is 1. The molecule has 200 valence electrons. The Bertz CT molecular complexity index is 1300. The average Bonchev–Trinajstić information content (AvgIpc) is 2.87. The Kier molecular flexibility index (Phi) is 9.62. The lowest BCUT2D eigenvalue weighted by molar-refractivity contribution is 0.167. The summed E-state index contributed by atoms with van der Waals surface area (Å²) in [4.78, 5) is 0. The van der Waals surface area contributed by atoms with Crippen molar-refractivity contribution < 1.29 is 32.8 Å². The average molecular weight is 531 g/mol. The number of ether oxygens (including phenoxy) is 3. The van der Waals surface area contributed by atoms with Crippen LogP contribution in [0.4, 0.5) is 5.69 Å². The molecule has 0 unspecified atom stereocenters. The lowest BCUT2D eigenvalue weighted by Crippen LogP contribution is -2.32. The fraction of sp³-hybridized carbons (Fsp3) is 0.333. The van der Waals surface area contributed by atoms with Crippen LogP contribution >= 0.6 is 0 Å². The van der Waals surface area contributed by atoms with Crippen molar-refractivity contribution >= 4 is 15.7 Å². The van der Waals surface area contributed by atoms with Crippen LogP contribution < -0.4 is 24.2 Å². The third kappa shape index (κ3) is 8.28. The van der Waals surface area contributed by atoms with Gasteiger partial charge >= 0.3 is 0 Å². The molecule has 9 nitrogen and oxygen atoms in total. The number of aliphatic hydroxyl groups is 1. The summed E-state index contributed by atoms with van der Waals surface area (Å²) in [5.41, 5.74) is 2.75. The number of rotatable bonds is 13. The van der Waals surface area contributed by atoms with E-state index in [0.29, 0.717) is 23.5 Å². The Morgan fingerprint density at radius 2 is 1.59 bits per heavy atom. The van der Waals surface area contributed by atoms with Crippen molar-refractivity contribution in [2.75, 3.05) is 38.9 Å². The van der Waals surface area contributed by atoms with E-state index in [4.69, 9.17) is 14.2 Å². The molecule has 0 saturated heterocycles. The van der Waals surface area contributed by atoms with Crippen molar-refractivity contribution in [1.29, 1.82) is 0 Å². The molecule has 2 atom stereocenters. The Labute approximate surface area is 218 Å². The van der Waals surface area contributed by atoms with E-state index in [2.05, 4.69) is 10.0 Å². The van der Waals surface area contributed by atoms with Gasteiger partial charge in [-0.15, -0.1) is 0 Å². The zero-order valence-corrected chi connectivity index (χ0v) is 22.2. The van der Waals surface area contributed by atoms with Crippen LogP contribution in [0.1, 0.15) is 22.7 Å². The molecule has 0 aliphatic heterocycles. The third-order valence-electron chi connectivity index (χ3n) is 5.81. The van der Waals surface area contributed by atoms with E-state index in [-0.39, 0.29) is 30.4 Å². The zero-order valence-electron chi connectivity index (χ0n) is 21.4. The van der Waals surface area contributed by atoms with Crippen LogP contribution in [-0.4, -0.2) is 58.9 Å². The number of anilines is 1. The van der Waals surface area contributed by atoms with Gasteiger partial charge in [0.15, 0.2) is 11.5 Å². The van der Waals surface area contributed by atoms with Gasteiger partial charge in [0.25, 0.3) is 0 Å². The third-order valence-corrected chi connectivity index (χ3v) is 6.40. The van der Waals surface area contributed by atoms with Gasteiger partial charge in [-0.25, -0.2) is 8.42 Å². The molecule has 0 saturated carbocycles. The molecule has 0 fully saturated rings. The molecule has 0 amide bonds. The second kappa shape index (κ2) is 12.7. The number of benzene rings is 3. The Hall–Kier alpha value is -3.47. The first-order chi connectivity index (χ1) is 17.6. The van der Waals surface area contributed by atoms with Gasteiger partial charge in [-0.3, -0.25) is 4.72 Å². The minimum Gasteiger partial charge on any atom is -0.506 e. The maximum atomic E-state index is 11.6. The maximum absolute atomic E-state index is 11.6. The molecule has 0 aromatic heterocycles. The van der Waals surface area contributed by atoms with Crippen LogP contribution in [0.3, 0.4) is 0 Å². The van der Waals surface area contributed by atoms with Gasteiger partial charge in [-0.05, 0) is 65.9 Å². The highest BCUT2D eigenvalue weighted by Gasteiger charge is 2.18. The molecule has 4 N–H and O–H groups in total. The van der Waals surface area contributed by atoms with Crippen LogP contribution in [0.25, 0.3) is 0 Å². The van der Waals surface area contributed by atoms with Gasteiger partial charge in [-0.2, -0.15) is 0 Å². The number of phenols is 1. The summed E-state index contributed by atoms with van der Waals surface area (Å²) in [7, 11) is 1.24. The van der Waals surface area contributed by atoms with E-state index in [1.54, 1.807) is 27.4 Å². The van der Waals surface area contributed by atoms with Gasteiger partial charge in [0.1, 0.15) is 11.5 Å². The van der Waals surface area contributed by atoms with Crippen LogP contribution in [0, 0.1) is 0 Å². The second-order valence-corrected chi connectivity index (χ2v) is 10.5. The lowest BCUT2D eigenvalue weighted by Gasteiger charge is -2.23. The Balaban J connectivity index is 1.78. The van der Waals surface area contributed by atoms with Crippen LogP contribution in [0.15, 0.2) is 60.7 Å². The molecule has 3 aromatic carbocycles. The van der Waals surface area contributed by atoms with Crippen LogP contribution in [-0.2, 0) is 22.9 Å². The quantitative estimate of drug-likeness (QED) is 0.248. The first-order valence-electron chi connectivity index (χ1n) is 11.7. The molecule has 0 aliphatic carbocycles. The van der Waals surface area contributed by atoms with Crippen molar-refractivity contribution in [2.24, 2.45) is 0 Å². The first kappa shape index (κ1) is 28.1. The second-order valence-electron chi connectivity index (χ2n) is 8.71. The molecule has 37 heavy (non-hydrogen) atoms. The van der Waals surface area contributed by atoms with Crippen molar-refractivity contribution in [2.45, 2.75) is 25.0 Å². The van der Waals surface area contributed by atoms with E-state index in [0.717, 1.165) is 23.1 Å². The van der Waals surface area contributed by atoms with Gasteiger partial charge < -0.3 is 29.7 Å². The summed E-state index contributed by atoms with van der Waals surface area (Å²) >= 11 is 0. The van der Waals surface area contributed by atoms with Gasteiger partial charge in [0, 0.05) is 12.6 Å². The highest BCUT2D eigenvalue weighted by atomic mass is 32.2. The molecular weight excluding hydrogens is 496 g/mol. The SMILES string of the molecule is COc1cccc(C[C@@H](NC[C@@H](O)Cc2ccc(O)c(NS(C)(=O)=O)c2)c2ccc(OC)c(OC)c2)c1. The van der Waals surface area contributed by atoms with Crippen LogP contribution in [0.2, 0.25) is 0 Å². The molecule has 3 rings (SSSR count). The van der Waals surface area contributed by atoms with Crippen molar-refractivity contribution in [3.8, 4) is 23.0 Å². The van der Waals surface area contributed by atoms with Gasteiger partial charge in [0.05, 0.1) is 39.4 Å². The molecule has 0 spiro atoms.